The number of allylic oxidation sites excluding steroid dienone is 1. The highest BCUT2D eigenvalue weighted by atomic mass is 35.5. The lowest BCUT2D eigenvalue weighted by Gasteiger charge is -2.19. The first-order chi connectivity index (χ1) is 12.3. The Morgan fingerprint density at radius 3 is 2.62 bits per heavy atom. The van der Waals surface area contributed by atoms with Crippen LogP contribution in [0.2, 0.25) is 0 Å². The molecule has 1 fully saturated rings. The van der Waals surface area contributed by atoms with E-state index in [1.165, 1.54) is 11.7 Å². The van der Waals surface area contributed by atoms with Crippen LogP contribution in [0.4, 0.5) is 8.78 Å². The molecule has 26 heavy (non-hydrogen) atoms. The number of carbonyl (C=O) groups is 1. The molecule has 2 N–H and O–H groups in total. The van der Waals surface area contributed by atoms with Gasteiger partial charge in [-0.15, -0.1) is 0 Å². The van der Waals surface area contributed by atoms with E-state index in [-0.39, 0.29) is 21.9 Å². The van der Waals surface area contributed by atoms with Gasteiger partial charge in [-0.2, -0.15) is 5.10 Å². The van der Waals surface area contributed by atoms with E-state index < -0.39 is 18.0 Å². The molecule has 2 bridgehead atoms. The Morgan fingerprint density at radius 2 is 2.00 bits per heavy atom. The number of amides is 1. The predicted molar refractivity (Wildman–Crippen MR) is 95.6 cm³/mol. The van der Waals surface area contributed by atoms with Gasteiger partial charge in [-0.05, 0) is 29.5 Å². The first kappa shape index (κ1) is 17.5. The van der Waals surface area contributed by atoms with Crippen molar-refractivity contribution >= 4 is 29.1 Å². The largest absolute Gasteiger partial charge is 0.365 e. The van der Waals surface area contributed by atoms with Crippen molar-refractivity contribution in [1.82, 2.24) is 9.78 Å². The molecule has 136 valence electrons. The second-order valence-electron chi connectivity index (χ2n) is 6.60. The van der Waals surface area contributed by atoms with Gasteiger partial charge in [-0.3, -0.25) is 9.48 Å². The SMILES string of the molecule is Cn1nc(C(F)F)c(C(N)=O)c1-c1cccc2c1C1CCC2C1=C(Cl)Cl. The summed E-state index contributed by atoms with van der Waals surface area (Å²) < 4.78 is 28.3. The van der Waals surface area contributed by atoms with E-state index in [1.807, 2.05) is 12.1 Å². The Labute approximate surface area is 158 Å². The minimum absolute atomic E-state index is 0.0156. The van der Waals surface area contributed by atoms with Gasteiger partial charge in [0.1, 0.15) is 10.2 Å². The maximum atomic E-state index is 13.4. The quantitative estimate of drug-likeness (QED) is 0.809. The fourth-order valence-electron chi connectivity index (χ4n) is 4.51. The Morgan fingerprint density at radius 1 is 1.31 bits per heavy atom. The number of aryl methyl sites for hydroxylation is 1. The van der Waals surface area contributed by atoms with E-state index in [0.29, 0.717) is 11.3 Å². The van der Waals surface area contributed by atoms with Crippen molar-refractivity contribution in [2.45, 2.75) is 31.1 Å². The molecule has 8 heteroatoms. The summed E-state index contributed by atoms with van der Waals surface area (Å²) in [7, 11) is 1.53. The molecule has 0 radical (unpaired) electrons. The van der Waals surface area contributed by atoms with Crippen LogP contribution in [0.5, 0.6) is 0 Å². The summed E-state index contributed by atoms with van der Waals surface area (Å²) in [6.07, 6.45) is -1.08. The summed E-state index contributed by atoms with van der Waals surface area (Å²) in [6.45, 7) is 0. The number of nitrogens with zero attached hydrogens (tertiary/aromatic N) is 2. The van der Waals surface area contributed by atoms with Gasteiger partial charge in [0.15, 0.2) is 0 Å². The zero-order chi connectivity index (χ0) is 18.7. The first-order valence-electron chi connectivity index (χ1n) is 8.16. The van der Waals surface area contributed by atoms with E-state index >= 15 is 0 Å². The molecular weight excluding hydrogens is 383 g/mol. The number of benzene rings is 1. The van der Waals surface area contributed by atoms with E-state index in [2.05, 4.69) is 5.10 Å². The first-order valence-corrected chi connectivity index (χ1v) is 8.91. The molecule has 0 spiro atoms. The summed E-state index contributed by atoms with van der Waals surface area (Å²) in [6, 6.07) is 5.64. The molecule has 0 aliphatic heterocycles. The number of aromatic nitrogens is 2. The normalized spacial score (nSPS) is 20.8. The van der Waals surface area contributed by atoms with Crippen LogP contribution < -0.4 is 5.73 Å². The number of carbonyl (C=O) groups excluding carboxylic acids is 1. The summed E-state index contributed by atoms with van der Waals surface area (Å²) in [4.78, 5) is 12.0. The van der Waals surface area contributed by atoms with Gasteiger partial charge in [-0.1, -0.05) is 41.4 Å². The minimum Gasteiger partial charge on any atom is -0.365 e. The summed E-state index contributed by atoms with van der Waals surface area (Å²) >= 11 is 12.2. The maximum Gasteiger partial charge on any atom is 0.282 e. The average Bonchev–Trinajstić information content (AvgIpc) is 3.23. The van der Waals surface area contributed by atoms with Crippen molar-refractivity contribution in [2.75, 3.05) is 0 Å². The predicted octanol–water partition coefficient (Wildman–Crippen LogP) is 4.79. The van der Waals surface area contributed by atoms with E-state index in [1.54, 1.807) is 6.07 Å². The van der Waals surface area contributed by atoms with Crippen LogP contribution in [0.1, 0.15) is 58.3 Å². The fraction of sp³-hybridized carbons (Fsp3) is 0.333. The average molecular weight is 398 g/mol. The molecule has 2 aromatic rings. The van der Waals surface area contributed by atoms with Gasteiger partial charge < -0.3 is 5.73 Å². The third kappa shape index (κ3) is 2.32. The molecule has 1 saturated carbocycles. The highest BCUT2D eigenvalue weighted by molar-refractivity contribution is 6.56. The summed E-state index contributed by atoms with van der Waals surface area (Å²) in [5.41, 5.74) is 8.59. The topological polar surface area (TPSA) is 60.9 Å². The van der Waals surface area contributed by atoms with Gasteiger partial charge >= 0.3 is 0 Å². The van der Waals surface area contributed by atoms with Gasteiger partial charge in [0.2, 0.25) is 0 Å². The van der Waals surface area contributed by atoms with Gasteiger partial charge in [-0.25, -0.2) is 8.78 Å². The van der Waals surface area contributed by atoms with Crippen molar-refractivity contribution in [2.24, 2.45) is 12.8 Å². The van der Waals surface area contributed by atoms with Gasteiger partial charge in [0.25, 0.3) is 12.3 Å². The highest BCUT2D eigenvalue weighted by Gasteiger charge is 2.45. The Kier molecular flexibility index (Phi) is 4.08. The minimum atomic E-state index is -2.89. The van der Waals surface area contributed by atoms with Crippen LogP contribution in [-0.2, 0) is 7.05 Å². The van der Waals surface area contributed by atoms with Crippen molar-refractivity contribution in [1.29, 1.82) is 0 Å². The monoisotopic (exact) mass is 397 g/mol. The standard InChI is InChI=1S/C18H15Cl2F2N3O/c1-25-15(13(18(23)26)14(24-25)17(21)22)10-4-2-3-7-8-5-6-9(11(7)10)12(8)16(19)20/h2-4,8-9,17H,5-6H2,1H3,(H2,23,26). The number of halogens is 4. The number of hydrogen-bond donors (Lipinski definition) is 1. The molecule has 2 unspecified atom stereocenters. The molecular formula is C18H15Cl2F2N3O. The molecule has 1 heterocycles. The number of primary amides is 1. The molecule has 4 nitrogen and oxygen atoms in total. The van der Waals surface area contributed by atoms with Crippen LogP contribution >= 0.6 is 23.2 Å². The Balaban J connectivity index is 2.00. The number of fused-ring (bicyclic) bond motifs is 5. The number of nitrogens with two attached hydrogens (primary N) is 1. The third-order valence-corrected chi connectivity index (χ3v) is 5.80. The lowest BCUT2D eigenvalue weighted by atomic mass is 9.86. The van der Waals surface area contributed by atoms with Crippen LogP contribution in [0, 0.1) is 0 Å². The molecule has 2 atom stereocenters. The highest BCUT2D eigenvalue weighted by Crippen LogP contribution is 2.60. The number of rotatable bonds is 3. The molecule has 1 amide bonds. The summed E-state index contributed by atoms with van der Waals surface area (Å²) in [5.74, 6) is -0.781. The van der Waals surface area contributed by atoms with Gasteiger partial charge in [0.05, 0.1) is 11.3 Å². The van der Waals surface area contributed by atoms with Crippen LogP contribution in [0.3, 0.4) is 0 Å². The second-order valence-corrected chi connectivity index (χ2v) is 7.55. The van der Waals surface area contributed by atoms with E-state index in [9.17, 15) is 13.6 Å². The van der Waals surface area contributed by atoms with E-state index in [4.69, 9.17) is 28.9 Å². The molecule has 0 saturated heterocycles. The number of hydrogen-bond acceptors (Lipinski definition) is 2. The van der Waals surface area contributed by atoms with Crippen LogP contribution in [0.25, 0.3) is 11.3 Å². The molecule has 2 aliphatic rings. The van der Waals surface area contributed by atoms with Crippen LogP contribution in [0.15, 0.2) is 28.3 Å². The zero-order valence-corrected chi connectivity index (χ0v) is 15.3. The fourth-order valence-corrected chi connectivity index (χ4v) is 5.03. The van der Waals surface area contributed by atoms with Crippen molar-refractivity contribution in [3.63, 3.8) is 0 Å². The molecule has 2 aliphatic carbocycles. The lowest BCUT2D eigenvalue weighted by molar-refractivity contribution is 0.0985. The molecule has 1 aromatic carbocycles. The van der Waals surface area contributed by atoms with Crippen molar-refractivity contribution < 1.29 is 13.6 Å². The molecule has 4 rings (SSSR count). The smallest absolute Gasteiger partial charge is 0.282 e. The van der Waals surface area contributed by atoms with Crippen molar-refractivity contribution in [3.05, 3.63) is 50.6 Å². The maximum absolute atomic E-state index is 13.4. The van der Waals surface area contributed by atoms with Gasteiger partial charge in [0, 0.05) is 24.4 Å². The van der Waals surface area contributed by atoms with E-state index in [0.717, 1.165) is 29.5 Å². The molecule has 1 aromatic heterocycles. The Bertz CT molecular complexity index is 964. The van der Waals surface area contributed by atoms with Crippen LogP contribution in [-0.4, -0.2) is 15.7 Å². The van der Waals surface area contributed by atoms with Crippen molar-refractivity contribution in [3.8, 4) is 11.3 Å². The number of alkyl halides is 2. The summed E-state index contributed by atoms with van der Waals surface area (Å²) in [5, 5.41) is 3.85. The second kappa shape index (κ2) is 6.06. The third-order valence-electron chi connectivity index (χ3n) is 5.36. The zero-order valence-electron chi connectivity index (χ0n) is 13.8. The Hall–Kier alpha value is -1.92. The lowest BCUT2D eigenvalue weighted by Crippen LogP contribution is -2.15.